The summed E-state index contributed by atoms with van der Waals surface area (Å²) in [4.78, 5) is 0. The van der Waals surface area contributed by atoms with E-state index in [1.165, 1.54) is 17.3 Å². The van der Waals surface area contributed by atoms with E-state index in [1.807, 2.05) is 19.9 Å². The highest BCUT2D eigenvalue weighted by Gasteiger charge is 2.07. The van der Waals surface area contributed by atoms with Gasteiger partial charge in [0.15, 0.2) is 0 Å². The van der Waals surface area contributed by atoms with E-state index in [0.717, 1.165) is 30.9 Å². The van der Waals surface area contributed by atoms with Crippen LogP contribution in [0.2, 0.25) is 0 Å². The monoisotopic (exact) mass is 251 g/mol. The lowest BCUT2D eigenvalue weighted by Gasteiger charge is -2.13. The van der Waals surface area contributed by atoms with Crippen LogP contribution >= 0.6 is 0 Å². The highest BCUT2D eigenvalue weighted by Crippen LogP contribution is 2.24. The fourth-order valence-electron chi connectivity index (χ4n) is 1.77. The summed E-state index contributed by atoms with van der Waals surface area (Å²) in [5, 5.41) is 11.2. The number of oxime groups is 1. The van der Waals surface area contributed by atoms with E-state index < -0.39 is 0 Å². The maximum absolute atomic E-state index is 8.31. The minimum atomic E-state index is 0.273. The molecular weight excluding hydrogens is 230 g/mol. The smallest absolute Gasteiger partial charge is 0.127 e. The first kappa shape index (κ1) is 14.5. The van der Waals surface area contributed by atoms with Crippen LogP contribution in [0.15, 0.2) is 17.3 Å². The Labute approximate surface area is 108 Å². The summed E-state index contributed by atoms with van der Waals surface area (Å²) in [6, 6.07) is 4.02. The maximum Gasteiger partial charge on any atom is 0.127 e. The van der Waals surface area contributed by atoms with Crippen LogP contribution in [0.25, 0.3) is 0 Å². The molecule has 0 aromatic heterocycles. The lowest BCUT2D eigenvalue weighted by atomic mass is 10.0. The van der Waals surface area contributed by atoms with Gasteiger partial charge in [-0.25, -0.2) is 0 Å². The SMILES string of the molecule is CCOCCc1ccc(OCC=NO)c(C)c1C. The fourth-order valence-corrected chi connectivity index (χ4v) is 1.77. The minimum absolute atomic E-state index is 0.273. The Morgan fingerprint density at radius 2 is 2.06 bits per heavy atom. The normalized spacial score (nSPS) is 11.1. The minimum Gasteiger partial charge on any atom is -0.488 e. The summed E-state index contributed by atoms with van der Waals surface area (Å²) >= 11 is 0. The zero-order valence-electron chi connectivity index (χ0n) is 11.3. The Balaban J connectivity index is 2.71. The Morgan fingerprint density at radius 3 is 2.72 bits per heavy atom. The summed E-state index contributed by atoms with van der Waals surface area (Å²) in [6.45, 7) is 7.88. The van der Waals surface area contributed by atoms with Crippen molar-refractivity contribution in [2.45, 2.75) is 27.2 Å². The number of nitrogens with zero attached hydrogens (tertiary/aromatic N) is 1. The molecule has 0 radical (unpaired) electrons. The van der Waals surface area contributed by atoms with Crippen molar-refractivity contribution in [2.24, 2.45) is 5.16 Å². The van der Waals surface area contributed by atoms with Gasteiger partial charge >= 0.3 is 0 Å². The van der Waals surface area contributed by atoms with Crippen LogP contribution in [0.1, 0.15) is 23.6 Å². The van der Waals surface area contributed by atoms with Crippen LogP contribution in [-0.2, 0) is 11.2 Å². The predicted molar refractivity (Wildman–Crippen MR) is 71.9 cm³/mol. The molecule has 4 nitrogen and oxygen atoms in total. The summed E-state index contributed by atoms with van der Waals surface area (Å²) in [5.41, 5.74) is 3.63. The molecule has 0 amide bonds. The second kappa shape index (κ2) is 7.71. The van der Waals surface area contributed by atoms with Gasteiger partial charge in [-0.1, -0.05) is 11.2 Å². The molecule has 0 saturated heterocycles. The molecule has 1 N–H and O–H groups in total. The predicted octanol–water partition coefficient (Wildman–Crippen LogP) is 2.72. The molecule has 4 heteroatoms. The second-order valence-corrected chi connectivity index (χ2v) is 4.03. The van der Waals surface area contributed by atoms with Gasteiger partial charge in [0.1, 0.15) is 12.4 Å². The van der Waals surface area contributed by atoms with Gasteiger partial charge in [0.25, 0.3) is 0 Å². The van der Waals surface area contributed by atoms with Crippen molar-refractivity contribution < 1.29 is 14.7 Å². The van der Waals surface area contributed by atoms with Crippen LogP contribution in [0.5, 0.6) is 5.75 Å². The molecule has 0 fully saturated rings. The molecule has 0 aliphatic heterocycles. The van der Waals surface area contributed by atoms with E-state index in [1.54, 1.807) is 0 Å². The molecule has 0 bridgehead atoms. The van der Waals surface area contributed by atoms with E-state index in [0.29, 0.717) is 0 Å². The first-order valence-electron chi connectivity index (χ1n) is 6.16. The molecule has 1 aromatic carbocycles. The van der Waals surface area contributed by atoms with Gasteiger partial charge in [-0.3, -0.25) is 0 Å². The molecular formula is C14H21NO3. The highest BCUT2D eigenvalue weighted by molar-refractivity contribution is 5.58. The lowest BCUT2D eigenvalue weighted by Crippen LogP contribution is -2.04. The molecule has 0 aliphatic rings. The topological polar surface area (TPSA) is 51.0 Å². The second-order valence-electron chi connectivity index (χ2n) is 4.03. The van der Waals surface area contributed by atoms with Gasteiger partial charge in [0.05, 0.1) is 12.8 Å². The largest absolute Gasteiger partial charge is 0.488 e. The molecule has 0 saturated carbocycles. The van der Waals surface area contributed by atoms with Gasteiger partial charge in [-0.15, -0.1) is 0 Å². The van der Waals surface area contributed by atoms with Gasteiger partial charge in [-0.05, 0) is 49.9 Å². The Morgan fingerprint density at radius 1 is 1.28 bits per heavy atom. The molecule has 100 valence electrons. The average Bonchev–Trinajstić information content (AvgIpc) is 2.37. The number of ether oxygens (including phenoxy) is 2. The van der Waals surface area contributed by atoms with Crippen molar-refractivity contribution >= 4 is 6.21 Å². The number of hydrogen-bond acceptors (Lipinski definition) is 4. The van der Waals surface area contributed by atoms with E-state index in [4.69, 9.17) is 14.7 Å². The van der Waals surface area contributed by atoms with Gasteiger partial charge in [-0.2, -0.15) is 0 Å². The molecule has 0 heterocycles. The van der Waals surface area contributed by atoms with Crippen molar-refractivity contribution in [3.63, 3.8) is 0 Å². The fraction of sp³-hybridized carbons (Fsp3) is 0.500. The van der Waals surface area contributed by atoms with Crippen LogP contribution in [0.3, 0.4) is 0 Å². The molecule has 0 aliphatic carbocycles. The van der Waals surface area contributed by atoms with Crippen molar-refractivity contribution in [1.82, 2.24) is 0 Å². The first-order chi connectivity index (χ1) is 8.70. The van der Waals surface area contributed by atoms with Crippen LogP contribution in [-0.4, -0.2) is 31.2 Å². The van der Waals surface area contributed by atoms with E-state index in [-0.39, 0.29) is 6.61 Å². The third kappa shape index (κ3) is 4.04. The Kier molecular flexibility index (Phi) is 6.22. The van der Waals surface area contributed by atoms with Crippen molar-refractivity contribution in [2.75, 3.05) is 19.8 Å². The molecule has 18 heavy (non-hydrogen) atoms. The molecule has 0 spiro atoms. The molecule has 0 unspecified atom stereocenters. The third-order valence-corrected chi connectivity index (χ3v) is 2.96. The summed E-state index contributed by atoms with van der Waals surface area (Å²) < 4.78 is 10.9. The molecule has 0 atom stereocenters. The highest BCUT2D eigenvalue weighted by atomic mass is 16.5. The first-order valence-corrected chi connectivity index (χ1v) is 6.16. The Bertz CT molecular complexity index is 402. The van der Waals surface area contributed by atoms with E-state index in [9.17, 15) is 0 Å². The quantitative estimate of drug-likeness (QED) is 0.351. The van der Waals surface area contributed by atoms with Crippen LogP contribution in [0, 0.1) is 13.8 Å². The zero-order valence-corrected chi connectivity index (χ0v) is 11.3. The maximum atomic E-state index is 8.31. The van der Waals surface area contributed by atoms with Crippen LogP contribution < -0.4 is 4.74 Å². The summed E-state index contributed by atoms with van der Waals surface area (Å²) in [7, 11) is 0. The van der Waals surface area contributed by atoms with E-state index >= 15 is 0 Å². The molecule has 1 aromatic rings. The van der Waals surface area contributed by atoms with Crippen LogP contribution in [0.4, 0.5) is 0 Å². The molecule has 1 rings (SSSR count). The summed E-state index contributed by atoms with van der Waals surface area (Å²) in [6.07, 6.45) is 2.23. The van der Waals surface area contributed by atoms with Gasteiger partial charge in [0, 0.05) is 6.61 Å². The number of hydrogen-bond donors (Lipinski definition) is 1. The lowest BCUT2D eigenvalue weighted by molar-refractivity contribution is 0.151. The number of rotatable bonds is 7. The Hall–Kier alpha value is -1.55. The van der Waals surface area contributed by atoms with Gasteiger partial charge in [0.2, 0.25) is 0 Å². The van der Waals surface area contributed by atoms with Crippen molar-refractivity contribution in [3.05, 3.63) is 28.8 Å². The van der Waals surface area contributed by atoms with Gasteiger partial charge < -0.3 is 14.7 Å². The zero-order chi connectivity index (χ0) is 13.4. The number of benzene rings is 1. The summed E-state index contributed by atoms with van der Waals surface area (Å²) in [5.74, 6) is 0.826. The average molecular weight is 251 g/mol. The van der Waals surface area contributed by atoms with Crippen molar-refractivity contribution in [3.8, 4) is 5.75 Å². The third-order valence-electron chi connectivity index (χ3n) is 2.96. The standard InChI is InChI=1S/C14H21NO3/c1-4-17-9-7-13-5-6-14(12(3)11(13)2)18-10-8-15-16/h5-6,8,16H,4,7,9-10H2,1-3H3. The van der Waals surface area contributed by atoms with Crippen molar-refractivity contribution in [1.29, 1.82) is 0 Å². The van der Waals surface area contributed by atoms with E-state index in [2.05, 4.69) is 18.1 Å².